The second-order valence-electron chi connectivity index (χ2n) is 5.95. The summed E-state index contributed by atoms with van der Waals surface area (Å²) in [6.07, 6.45) is 1.58. The van der Waals surface area contributed by atoms with E-state index < -0.39 is 11.4 Å². The number of methoxy groups -OCH3 is 2. The Morgan fingerprint density at radius 1 is 1.08 bits per heavy atom. The zero-order valence-electron chi connectivity index (χ0n) is 14.0. The lowest BCUT2D eigenvalue weighted by atomic mass is 9.95. The average Bonchev–Trinajstić information content (AvgIpc) is 3.43. The average molecular weight is 360 g/mol. The Morgan fingerprint density at radius 2 is 1.76 bits per heavy atom. The van der Waals surface area contributed by atoms with Gasteiger partial charge in [-0.3, -0.25) is 4.79 Å². The van der Waals surface area contributed by atoms with Crippen molar-refractivity contribution in [2.45, 2.75) is 18.3 Å². The Balaban J connectivity index is 1.81. The molecule has 0 saturated heterocycles. The fourth-order valence-electron chi connectivity index (χ4n) is 2.84. The van der Waals surface area contributed by atoms with E-state index in [-0.39, 0.29) is 5.91 Å². The summed E-state index contributed by atoms with van der Waals surface area (Å²) >= 11 is 5.92. The van der Waals surface area contributed by atoms with Crippen LogP contribution in [0.3, 0.4) is 0 Å². The van der Waals surface area contributed by atoms with Crippen molar-refractivity contribution < 1.29 is 19.1 Å². The second-order valence-corrected chi connectivity index (χ2v) is 6.39. The summed E-state index contributed by atoms with van der Waals surface area (Å²) in [5.41, 5.74) is 1.31. The predicted octanol–water partition coefficient (Wildman–Crippen LogP) is 3.81. The summed E-state index contributed by atoms with van der Waals surface area (Å²) < 4.78 is 9.94. The highest BCUT2D eigenvalue weighted by atomic mass is 35.5. The van der Waals surface area contributed by atoms with Crippen molar-refractivity contribution in [2.75, 3.05) is 19.5 Å². The molecule has 130 valence electrons. The third-order valence-corrected chi connectivity index (χ3v) is 4.70. The first-order valence-electron chi connectivity index (χ1n) is 7.84. The number of hydrogen-bond donors (Lipinski definition) is 1. The van der Waals surface area contributed by atoms with Gasteiger partial charge in [-0.25, -0.2) is 4.79 Å². The first-order chi connectivity index (χ1) is 12.0. The Kier molecular flexibility index (Phi) is 4.68. The molecule has 1 saturated carbocycles. The fourth-order valence-corrected chi connectivity index (χ4v) is 2.97. The largest absolute Gasteiger partial charge is 0.496 e. The van der Waals surface area contributed by atoms with Gasteiger partial charge in [-0.1, -0.05) is 23.7 Å². The van der Waals surface area contributed by atoms with Gasteiger partial charge in [-0.05, 0) is 42.7 Å². The number of carbonyl (C=O) groups is 2. The smallest absolute Gasteiger partial charge is 0.341 e. The van der Waals surface area contributed by atoms with Gasteiger partial charge in [0, 0.05) is 16.8 Å². The standard InChI is InChI=1S/C19H18ClNO4/c1-24-16-11-14(7-8-15(16)17(22)25-2)21-18(23)19(9-10-19)12-3-5-13(20)6-4-12/h3-8,11H,9-10H2,1-2H3,(H,21,23). The number of rotatable bonds is 5. The Bertz CT molecular complexity index is 813. The van der Waals surface area contributed by atoms with E-state index in [0.29, 0.717) is 22.0 Å². The number of amides is 1. The molecule has 0 heterocycles. The zero-order chi connectivity index (χ0) is 18.0. The molecule has 0 aromatic heterocycles. The number of benzene rings is 2. The monoisotopic (exact) mass is 359 g/mol. The summed E-state index contributed by atoms with van der Waals surface area (Å²) in [6, 6.07) is 12.2. The molecule has 3 rings (SSSR count). The zero-order valence-corrected chi connectivity index (χ0v) is 14.7. The number of ether oxygens (including phenoxy) is 2. The number of halogens is 1. The molecule has 0 radical (unpaired) electrons. The van der Waals surface area contributed by atoms with Crippen molar-refractivity contribution in [3.63, 3.8) is 0 Å². The van der Waals surface area contributed by atoms with Crippen molar-refractivity contribution in [2.24, 2.45) is 0 Å². The van der Waals surface area contributed by atoms with E-state index in [1.807, 2.05) is 12.1 Å². The minimum absolute atomic E-state index is 0.0808. The summed E-state index contributed by atoms with van der Waals surface area (Å²) in [4.78, 5) is 24.5. The van der Waals surface area contributed by atoms with Gasteiger partial charge in [0.1, 0.15) is 11.3 Å². The number of nitrogens with one attached hydrogen (secondary N) is 1. The van der Waals surface area contributed by atoms with E-state index in [1.165, 1.54) is 14.2 Å². The van der Waals surface area contributed by atoms with Crippen LogP contribution < -0.4 is 10.1 Å². The first kappa shape index (κ1) is 17.3. The van der Waals surface area contributed by atoms with Crippen LogP contribution in [0, 0.1) is 0 Å². The third-order valence-electron chi connectivity index (χ3n) is 4.45. The van der Waals surface area contributed by atoms with Gasteiger partial charge in [0.2, 0.25) is 5.91 Å². The van der Waals surface area contributed by atoms with E-state index in [4.69, 9.17) is 21.1 Å². The van der Waals surface area contributed by atoms with E-state index >= 15 is 0 Å². The van der Waals surface area contributed by atoms with Crippen LogP contribution in [-0.4, -0.2) is 26.1 Å². The number of esters is 1. The molecule has 2 aromatic carbocycles. The Labute approximate surface area is 150 Å². The lowest BCUT2D eigenvalue weighted by Gasteiger charge is -2.17. The van der Waals surface area contributed by atoms with Crippen molar-refractivity contribution in [3.05, 3.63) is 58.6 Å². The molecule has 25 heavy (non-hydrogen) atoms. The molecule has 1 amide bonds. The summed E-state index contributed by atoms with van der Waals surface area (Å²) in [7, 11) is 2.77. The molecule has 2 aromatic rings. The van der Waals surface area contributed by atoms with Crippen LogP contribution in [0.15, 0.2) is 42.5 Å². The normalized spacial score (nSPS) is 14.5. The second kappa shape index (κ2) is 6.76. The minimum atomic E-state index is -0.515. The maximum atomic E-state index is 12.8. The van der Waals surface area contributed by atoms with Crippen molar-refractivity contribution >= 4 is 29.2 Å². The highest BCUT2D eigenvalue weighted by Crippen LogP contribution is 2.49. The molecule has 0 unspecified atom stereocenters. The maximum Gasteiger partial charge on any atom is 0.341 e. The van der Waals surface area contributed by atoms with Gasteiger partial charge < -0.3 is 14.8 Å². The van der Waals surface area contributed by atoms with Gasteiger partial charge >= 0.3 is 5.97 Å². The minimum Gasteiger partial charge on any atom is -0.496 e. The molecular weight excluding hydrogens is 342 g/mol. The fraction of sp³-hybridized carbons (Fsp3) is 0.263. The molecule has 1 aliphatic carbocycles. The molecule has 1 N–H and O–H groups in total. The lowest BCUT2D eigenvalue weighted by molar-refractivity contribution is -0.118. The van der Waals surface area contributed by atoms with Crippen molar-refractivity contribution in [1.29, 1.82) is 0 Å². The highest BCUT2D eigenvalue weighted by Gasteiger charge is 2.51. The van der Waals surface area contributed by atoms with Crippen LogP contribution >= 0.6 is 11.6 Å². The predicted molar refractivity (Wildman–Crippen MR) is 95.3 cm³/mol. The van der Waals surface area contributed by atoms with Crippen LogP contribution in [0.2, 0.25) is 5.02 Å². The SMILES string of the molecule is COC(=O)c1ccc(NC(=O)C2(c3ccc(Cl)cc3)CC2)cc1OC. The van der Waals surface area contributed by atoms with Crippen molar-refractivity contribution in [3.8, 4) is 5.75 Å². The molecule has 0 bridgehead atoms. The van der Waals surface area contributed by atoms with E-state index in [2.05, 4.69) is 5.32 Å². The van der Waals surface area contributed by atoms with Crippen LogP contribution in [-0.2, 0) is 14.9 Å². The summed E-state index contributed by atoms with van der Waals surface area (Å²) in [6.45, 7) is 0. The van der Waals surface area contributed by atoms with Crippen LogP contribution in [0.5, 0.6) is 5.75 Å². The van der Waals surface area contributed by atoms with Gasteiger partial charge in [-0.15, -0.1) is 0 Å². The maximum absolute atomic E-state index is 12.8. The number of hydrogen-bond acceptors (Lipinski definition) is 4. The molecule has 5 nitrogen and oxygen atoms in total. The van der Waals surface area contributed by atoms with E-state index in [1.54, 1.807) is 30.3 Å². The van der Waals surface area contributed by atoms with Crippen molar-refractivity contribution in [1.82, 2.24) is 0 Å². The Morgan fingerprint density at radius 3 is 2.32 bits per heavy atom. The topological polar surface area (TPSA) is 64.6 Å². The summed E-state index contributed by atoms with van der Waals surface area (Å²) in [5, 5.41) is 3.55. The van der Waals surface area contributed by atoms with Crippen LogP contribution in [0.25, 0.3) is 0 Å². The number of anilines is 1. The molecule has 0 atom stereocenters. The molecule has 0 aliphatic heterocycles. The first-order valence-corrected chi connectivity index (χ1v) is 8.22. The van der Waals surface area contributed by atoms with Gasteiger partial charge in [0.15, 0.2) is 0 Å². The van der Waals surface area contributed by atoms with Crippen LogP contribution in [0.4, 0.5) is 5.69 Å². The van der Waals surface area contributed by atoms with E-state index in [0.717, 1.165) is 18.4 Å². The third kappa shape index (κ3) is 3.33. The molecule has 6 heteroatoms. The number of carbonyl (C=O) groups excluding carboxylic acids is 2. The van der Waals surface area contributed by atoms with Gasteiger partial charge in [0.05, 0.1) is 19.6 Å². The Hall–Kier alpha value is -2.53. The molecule has 1 fully saturated rings. The van der Waals surface area contributed by atoms with E-state index in [9.17, 15) is 9.59 Å². The van der Waals surface area contributed by atoms with Crippen LogP contribution in [0.1, 0.15) is 28.8 Å². The molecular formula is C19H18ClNO4. The quantitative estimate of drug-likeness (QED) is 0.824. The van der Waals surface area contributed by atoms with Gasteiger partial charge in [-0.2, -0.15) is 0 Å². The lowest BCUT2D eigenvalue weighted by Crippen LogP contribution is -2.27. The summed E-state index contributed by atoms with van der Waals surface area (Å²) in [5.74, 6) is -0.224. The molecule has 0 spiro atoms. The molecule has 1 aliphatic rings. The van der Waals surface area contributed by atoms with Gasteiger partial charge in [0.25, 0.3) is 0 Å². The highest BCUT2D eigenvalue weighted by molar-refractivity contribution is 6.30.